The molecule has 23 heavy (non-hydrogen) atoms. The molecule has 0 aliphatic carbocycles. The van der Waals surface area contributed by atoms with E-state index in [2.05, 4.69) is 35.6 Å². The fraction of sp³-hybridized carbons (Fsp3) is 0.278. The molecule has 1 aliphatic rings. The number of anilines is 1. The Hall–Kier alpha value is -2.87. The first kappa shape index (κ1) is 15.0. The third kappa shape index (κ3) is 3.32. The van der Waals surface area contributed by atoms with Gasteiger partial charge in [-0.1, -0.05) is 24.3 Å². The van der Waals surface area contributed by atoms with Crippen molar-refractivity contribution in [3.8, 4) is 17.3 Å². The summed E-state index contributed by atoms with van der Waals surface area (Å²) in [4.78, 5) is 18.1. The molecule has 1 saturated heterocycles. The van der Waals surface area contributed by atoms with Crippen molar-refractivity contribution in [2.45, 2.75) is 13.3 Å². The largest absolute Gasteiger partial charge is 0.310 e. The highest BCUT2D eigenvalue weighted by molar-refractivity contribution is 5.92. The molecule has 3 rings (SSSR count). The van der Waals surface area contributed by atoms with Gasteiger partial charge in [-0.2, -0.15) is 5.26 Å². The highest BCUT2D eigenvalue weighted by atomic mass is 16.2. The van der Waals surface area contributed by atoms with Crippen molar-refractivity contribution in [3.63, 3.8) is 0 Å². The number of benzene rings is 1. The molecule has 1 atom stereocenters. The van der Waals surface area contributed by atoms with Gasteiger partial charge in [-0.3, -0.25) is 4.79 Å². The molecule has 2 aromatic rings. The number of nitrogens with one attached hydrogen (secondary N) is 1. The average molecular weight is 306 g/mol. The standard InChI is InChI=1S/C18H18N4O/c1-13-4-2-3-5-16(13)14-6-7-17(20-10-14)21-18(23)15-8-9-22(11-15)12-19/h2-7,10,15H,8-9,11H2,1H3,(H,20,21,23). The fourth-order valence-corrected chi connectivity index (χ4v) is 2.82. The highest BCUT2D eigenvalue weighted by Gasteiger charge is 2.27. The number of nitrogens with zero attached hydrogens (tertiary/aromatic N) is 3. The van der Waals surface area contributed by atoms with E-state index in [4.69, 9.17) is 5.26 Å². The topological polar surface area (TPSA) is 69.0 Å². The fourth-order valence-electron chi connectivity index (χ4n) is 2.82. The molecular formula is C18H18N4O. The predicted molar refractivity (Wildman–Crippen MR) is 88.3 cm³/mol. The molecule has 1 unspecified atom stereocenters. The van der Waals surface area contributed by atoms with E-state index in [0.717, 1.165) is 11.1 Å². The molecule has 0 spiro atoms. The number of nitriles is 1. The maximum absolute atomic E-state index is 12.2. The van der Waals surface area contributed by atoms with E-state index in [1.807, 2.05) is 24.3 Å². The molecule has 1 fully saturated rings. The number of carbonyl (C=O) groups excluding carboxylic acids is 1. The Kier molecular flexibility index (Phi) is 4.24. The predicted octanol–water partition coefficient (Wildman–Crippen LogP) is 2.80. The Labute approximate surface area is 135 Å². The molecule has 1 aliphatic heterocycles. The minimum atomic E-state index is -0.146. The monoisotopic (exact) mass is 306 g/mol. The lowest BCUT2D eigenvalue weighted by atomic mass is 10.0. The Morgan fingerprint density at radius 1 is 1.35 bits per heavy atom. The lowest BCUT2D eigenvalue weighted by Gasteiger charge is -2.11. The number of rotatable bonds is 3. The van der Waals surface area contributed by atoms with Crippen molar-refractivity contribution < 1.29 is 4.79 Å². The van der Waals surface area contributed by atoms with Crippen molar-refractivity contribution in [2.75, 3.05) is 18.4 Å². The third-order valence-electron chi connectivity index (χ3n) is 4.17. The SMILES string of the molecule is Cc1ccccc1-c1ccc(NC(=O)C2CCN(C#N)C2)nc1. The van der Waals surface area contributed by atoms with E-state index in [1.54, 1.807) is 11.1 Å². The van der Waals surface area contributed by atoms with E-state index in [0.29, 0.717) is 25.3 Å². The van der Waals surface area contributed by atoms with Crippen LogP contribution in [-0.2, 0) is 4.79 Å². The number of likely N-dealkylation sites (tertiary alicyclic amines) is 1. The summed E-state index contributed by atoms with van der Waals surface area (Å²) in [5.41, 5.74) is 3.35. The quantitative estimate of drug-likeness (QED) is 0.885. The smallest absolute Gasteiger partial charge is 0.230 e. The summed E-state index contributed by atoms with van der Waals surface area (Å²) in [7, 11) is 0. The number of aryl methyl sites for hydroxylation is 1. The van der Waals surface area contributed by atoms with Crippen LogP contribution in [0.5, 0.6) is 0 Å². The third-order valence-corrected chi connectivity index (χ3v) is 4.17. The Bertz CT molecular complexity index is 748. The normalized spacial score (nSPS) is 16.9. The van der Waals surface area contributed by atoms with Gasteiger partial charge >= 0.3 is 0 Å². The second-order valence-electron chi connectivity index (χ2n) is 5.77. The number of carbonyl (C=O) groups is 1. The van der Waals surface area contributed by atoms with Gasteiger partial charge in [-0.05, 0) is 36.6 Å². The second-order valence-corrected chi connectivity index (χ2v) is 5.77. The average Bonchev–Trinajstić information content (AvgIpc) is 3.05. The molecule has 0 bridgehead atoms. The summed E-state index contributed by atoms with van der Waals surface area (Å²) >= 11 is 0. The summed E-state index contributed by atoms with van der Waals surface area (Å²) in [5, 5.41) is 11.7. The number of hydrogen-bond donors (Lipinski definition) is 1. The van der Waals surface area contributed by atoms with Crippen LogP contribution in [-0.4, -0.2) is 28.9 Å². The van der Waals surface area contributed by atoms with E-state index in [-0.39, 0.29) is 11.8 Å². The van der Waals surface area contributed by atoms with Crippen LogP contribution in [0.1, 0.15) is 12.0 Å². The van der Waals surface area contributed by atoms with E-state index in [1.165, 1.54) is 5.56 Å². The van der Waals surface area contributed by atoms with Crippen LogP contribution in [0.3, 0.4) is 0 Å². The zero-order chi connectivity index (χ0) is 16.2. The maximum Gasteiger partial charge on any atom is 0.230 e. The van der Waals surface area contributed by atoms with Crippen LogP contribution in [0.25, 0.3) is 11.1 Å². The van der Waals surface area contributed by atoms with Crippen molar-refractivity contribution in [1.82, 2.24) is 9.88 Å². The molecule has 1 aromatic heterocycles. The van der Waals surface area contributed by atoms with Gasteiger partial charge in [0.25, 0.3) is 0 Å². The first-order valence-corrected chi connectivity index (χ1v) is 7.65. The first-order valence-electron chi connectivity index (χ1n) is 7.65. The van der Waals surface area contributed by atoms with Gasteiger partial charge in [0.1, 0.15) is 5.82 Å². The Balaban J connectivity index is 1.68. The van der Waals surface area contributed by atoms with Crippen molar-refractivity contribution in [1.29, 1.82) is 5.26 Å². The second kappa shape index (κ2) is 6.49. The molecular weight excluding hydrogens is 288 g/mol. The minimum Gasteiger partial charge on any atom is -0.310 e. The number of aromatic nitrogens is 1. The molecule has 5 nitrogen and oxygen atoms in total. The van der Waals surface area contributed by atoms with Crippen LogP contribution < -0.4 is 5.32 Å². The van der Waals surface area contributed by atoms with Gasteiger partial charge in [-0.15, -0.1) is 0 Å². The molecule has 2 heterocycles. The summed E-state index contributed by atoms with van der Waals surface area (Å²) in [6.07, 6.45) is 4.56. The number of pyridine rings is 1. The molecule has 1 aromatic carbocycles. The van der Waals surface area contributed by atoms with E-state index < -0.39 is 0 Å². The summed E-state index contributed by atoms with van der Waals surface area (Å²) < 4.78 is 0. The van der Waals surface area contributed by atoms with Crippen LogP contribution in [0.4, 0.5) is 5.82 Å². The van der Waals surface area contributed by atoms with Crippen molar-refractivity contribution in [2.24, 2.45) is 5.92 Å². The lowest BCUT2D eigenvalue weighted by molar-refractivity contribution is -0.119. The van der Waals surface area contributed by atoms with Gasteiger partial charge in [0.2, 0.25) is 5.91 Å². The van der Waals surface area contributed by atoms with Crippen LogP contribution in [0.15, 0.2) is 42.6 Å². The van der Waals surface area contributed by atoms with Crippen LogP contribution in [0, 0.1) is 24.3 Å². The van der Waals surface area contributed by atoms with Gasteiger partial charge in [0.05, 0.1) is 5.92 Å². The van der Waals surface area contributed by atoms with Gasteiger partial charge in [-0.25, -0.2) is 4.98 Å². The Morgan fingerprint density at radius 2 is 2.17 bits per heavy atom. The summed E-state index contributed by atoms with van der Waals surface area (Å²) in [5.74, 6) is 0.328. The van der Waals surface area contributed by atoms with E-state index >= 15 is 0 Å². The maximum atomic E-state index is 12.2. The summed E-state index contributed by atoms with van der Waals surface area (Å²) in [6.45, 7) is 3.20. The zero-order valence-electron chi connectivity index (χ0n) is 13.0. The summed E-state index contributed by atoms with van der Waals surface area (Å²) in [6, 6.07) is 11.9. The molecule has 116 valence electrons. The molecule has 0 saturated carbocycles. The zero-order valence-corrected chi connectivity index (χ0v) is 13.0. The highest BCUT2D eigenvalue weighted by Crippen LogP contribution is 2.23. The minimum absolute atomic E-state index is 0.0705. The molecule has 1 amide bonds. The van der Waals surface area contributed by atoms with Gasteiger partial charge < -0.3 is 10.2 Å². The van der Waals surface area contributed by atoms with E-state index in [9.17, 15) is 4.79 Å². The first-order chi connectivity index (χ1) is 11.2. The van der Waals surface area contributed by atoms with Crippen molar-refractivity contribution in [3.05, 3.63) is 48.2 Å². The molecule has 0 radical (unpaired) electrons. The number of hydrogen-bond acceptors (Lipinski definition) is 4. The molecule has 1 N–H and O–H groups in total. The molecule has 5 heteroatoms. The van der Waals surface area contributed by atoms with Crippen LogP contribution >= 0.6 is 0 Å². The van der Waals surface area contributed by atoms with Crippen molar-refractivity contribution >= 4 is 11.7 Å². The Morgan fingerprint density at radius 3 is 2.83 bits per heavy atom. The number of amides is 1. The van der Waals surface area contributed by atoms with Gasteiger partial charge in [0.15, 0.2) is 6.19 Å². The van der Waals surface area contributed by atoms with Gasteiger partial charge in [0, 0.05) is 24.8 Å². The lowest BCUT2D eigenvalue weighted by Crippen LogP contribution is -2.25. The van der Waals surface area contributed by atoms with Crippen LogP contribution in [0.2, 0.25) is 0 Å².